The van der Waals surface area contributed by atoms with Crippen LogP contribution >= 0.6 is 7.26 Å². The number of hydrogen-bond acceptors (Lipinski definition) is 12. The molecule has 366 valence electrons. The van der Waals surface area contributed by atoms with Crippen LogP contribution in [0.15, 0.2) is 113 Å². The Balaban J connectivity index is 0.823. The molecule has 2 aliphatic heterocycles. The zero-order valence-electron chi connectivity index (χ0n) is 39.7. The van der Waals surface area contributed by atoms with E-state index >= 15 is 0 Å². The molecule has 2 heterocycles. The number of ether oxygens (including phenoxy) is 1. The van der Waals surface area contributed by atoms with E-state index in [1.807, 2.05) is 39.1 Å². The molecule has 2 aliphatic rings. The molecule has 3 atom stereocenters. The summed E-state index contributed by atoms with van der Waals surface area (Å²) in [7, 11) is 0.0392. The standard InChI is InChI=1S/C52H64N7O9P/c1-36-32-41-42(33-37(36)2)59(50-48(55-41)51(66)57-52(67)56-50)34-43(60)49(65)44(61)35-68-47(64)26-14-13-24-45(62)53-27-16-29-58(3)30-17-28-54-46(63)25-15-31-69(38-18-7-4-8-19-38,39-20-9-5-10-21-39)40-22-11-6-12-23-40/h4-12,18-23,32-33,43-44,49,60-61,65H,13-17,24-31,34-35H2,1-3H3,(H2-,53,54,57,62,63,66,67)/p+1/t43-,44+,49-/m0/s1. The minimum Gasteiger partial charge on any atom is -0.463 e. The van der Waals surface area contributed by atoms with Crippen LogP contribution in [0.1, 0.15) is 62.5 Å². The Kier molecular flexibility index (Phi) is 19.3. The van der Waals surface area contributed by atoms with Gasteiger partial charge >= 0.3 is 11.7 Å². The summed E-state index contributed by atoms with van der Waals surface area (Å²) in [5.74, 6) is -0.800. The number of hydrogen-bond donors (Lipinski definition) is 6. The average molecular weight is 963 g/mol. The van der Waals surface area contributed by atoms with Crippen molar-refractivity contribution < 1.29 is 34.4 Å². The van der Waals surface area contributed by atoms with Crippen molar-refractivity contribution in [2.24, 2.45) is 0 Å². The monoisotopic (exact) mass is 962 g/mol. The van der Waals surface area contributed by atoms with Crippen LogP contribution in [0.3, 0.4) is 0 Å². The van der Waals surface area contributed by atoms with Crippen LogP contribution < -0.4 is 37.8 Å². The van der Waals surface area contributed by atoms with Crippen LogP contribution in [0.4, 0.5) is 0 Å². The molecule has 6 N–H and O–H groups in total. The number of aromatic amines is 1. The van der Waals surface area contributed by atoms with E-state index in [-0.39, 0.29) is 42.7 Å². The molecule has 0 fully saturated rings. The van der Waals surface area contributed by atoms with Crippen LogP contribution in [0.5, 0.6) is 0 Å². The van der Waals surface area contributed by atoms with Gasteiger partial charge in [0.1, 0.15) is 48.1 Å². The minimum atomic E-state index is -1.98. The van der Waals surface area contributed by atoms with Crippen molar-refractivity contribution in [3.8, 4) is 11.5 Å². The number of nitrogens with one attached hydrogen (secondary N) is 3. The predicted molar refractivity (Wildman–Crippen MR) is 270 cm³/mol. The Labute approximate surface area is 402 Å². The van der Waals surface area contributed by atoms with Crippen molar-refractivity contribution >= 4 is 52.0 Å². The maximum Gasteiger partial charge on any atom is 0.349 e. The third kappa shape index (κ3) is 14.2. The minimum absolute atomic E-state index is 0.00995. The molecular weight excluding hydrogens is 898 g/mol. The first-order valence-corrected chi connectivity index (χ1v) is 25.6. The highest BCUT2D eigenvalue weighted by molar-refractivity contribution is 7.95. The molecule has 0 aromatic heterocycles. The number of carbonyl (C=O) groups excluding carboxylic acids is 3. The molecular formula is C52H65N7O9P+. The lowest BCUT2D eigenvalue weighted by molar-refractivity contribution is -0.152. The molecule has 0 bridgehead atoms. The first-order valence-electron chi connectivity index (χ1n) is 23.7. The van der Waals surface area contributed by atoms with Crippen LogP contribution in [0.25, 0.3) is 22.6 Å². The maximum atomic E-state index is 13.0. The van der Waals surface area contributed by atoms with Crippen molar-refractivity contribution in [1.82, 2.24) is 35.1 Å². The van der Waals surface area contributed by atoms with Gasteiger partial charge in [-0.2, -0.15) is 4.98 Å². The van der Waals surface area contributed by atoms with Gasteiger partial charge < -0.3 is 40.2 Å². The molecule has 17 heteroatoms. The van der Waals surface area contributed by atoms with E-state index in [4.69, 9.17) is 4.74 Å². The molecule has 69 heavy (non-hydrogen) atoms. The number of H-pyrrole nitrogens is 1. The summed E-state index contributed by atoms with van der Waals surface area (Å²) in [5.41, 5.74) is 0.816. The summed E-state index contributed by atoms with van der Waals surface area (Å²) in [5, 5.41) is 42.3. The van der Waals surface area contributed by atoms with Crippen LogP contribution in [-0.4, -0.2) is 122 Å². The number of aryl methyl sites for hydroxylation is 2. The number of esters is 1. The van der Waals surface area contributed by atoms with Gasteiger partial charge in [0, 0.05) is 32.4 Å². The lowest BCUT2D eigenvalue weighted by Gasteiger charge is -2.27. The lowest BCUT2D eigenvalue weighted by Crippen LogP contribution is -2.43. The van der Waals surface area contributed by atoms with E-state index in [9.17, 15) is 39.3 Å². The highest BCUT2D eigenvalue weighted by Gasteiger charge is 2.44. The van der Waals surface area contributed by atoms with Gasteiger partial charge in [-0.15, -0.1) is 0 Å². The van der Waals surface area contributed by atoms with Crippen LogP contribution in [-0.2, 0) is 25.7 Å². The van der Waals surface area contributed by atoms with E-state index in [1.54, 1.807) is 12.1 Å². The molecule has 0 saturated carbocycles. The van der Waals surface area contributed by atoms with Gasteiger partial charge in [0.2, 0.25) is 11.8 Å². The molecule has 0 saturated heterocycles. The quantitative estimate of drug-likeness (QED) is 0.0200. The van der Waals surface area contributed by atoms with E-state index in [0.29, 0.717) is 43.4 Å². The zero-order chi connectivity index (χ0) is 49.3. The second kappa shape index (κ2) is 25.4. The number of benzene rings is 4. The molecule has 6 rings (SSSR count). The lowest BCUT2D eigenvalue weighted by atomic mass is 10.1. The number of aliphatic hydroxyl groups is 3. The summed E-state index contributed by atoms with van der Waals surface area (Å²) >= 11 is 0. The Morgan fingerprint density at radius 3 is 1.80 bits per heavy atom. The first-order chi connectivity index (χ1) is 33.3. The van der Waals surface area contributed by atoms with Crippen molar-refractivity contribution in [3.63, 3.8) is 0 Å². The van der Waals surface area contributed by atoms with Gasteiger partial charge in [-0.3, -0.25) is 24.2 Å². The predicted octanol–water partition coefficient (Wildman–Crippen LogP) is 3.11. The summed E-state index contributed by atoms with van der Waals surface area (Å²) in [6.45, 7) is 5.44. The van der Waals surface area contributed by atoms with E-state index < -0.39 is 49.4 Å². The first kappa shape index (κ1) is 52.2. The van der Waals surface area contributed by atoms with E-state index in [1.165, 1.54) is 20.5 Å². The number of aliphatic hydroxyl groups excluding tert-OH is 3. The Morgan fingerprint density at radius 1 is 0.710 bits per heavy atom. The third-order valence-corrected chi connectivity index (χ3v) is 16.9. The highest BCUT2D eigenvalue weighted by atomic mass is 31.2. The number of fused-ring (bicyclic) bond motifs is 2. The smallest absolute Gasteiger partial charge is 0.349 e. The molecule has 0 radical (unpaired) electrons. The topological polar surface area (TPSA) is 229 Å². The van der Waals surface area contributed by atoms with Gasteiger partial charge in [-0.1, -0.05) is 54.6 Å². The highest BCUT2D eigenvalue weighted by Crippen LogP contribution is 2.55. The molecule has 0 aliphatic carbocycles. The molecule has 4 aromatic rings. The van der Waals surface area contributed by atoms with Crippen molar-refractivity contribution in [2.45, 2.75) is 90.1 Å². The third-order valence-electron chi connectivity index (χ3n) is 12.4. The number of carbonyl (C=O) groups is 3. The average Bonchev–Trinajstić information content (AvgIpc) is 3.35. The Hall–Kier alpha value is -6.16. The number of amides is 2. The number of aromatic nitrogens is 4. The number of nitrogens with zero attached hydrogens (tertiary/aromatic N) is 4. The largest absolute Gasteiger partial charge is 0.463 e. The fourth-order valence-electron chi connectivity index (χ4n) is 8.49. The maximum absolute atomic E-state index is 13.0. The van der Waals surface area contributed by atoms with E-state index in [2.05, 4.69) is 103 Å². The summed E-state index contributed by atoms with van der Waals surface area (Å²) in [6.07, 6.45) is -0.331. The molecule has 4 aromatic carbocycles. The second-order valence-electron chi connectivity index (χ2n) is 17.6. The Morgan fingerprint density at radius 2 is 1.23 bits per heavy atom. The van der Waals surface area contributed by atoms with Crippen LogP contribution in [0, 0.1) is 13.8 Å². The molecule has 2 amide bonds. The van der Waals surface area contributed by atoms with Crippen molar-refractivity contribution in [3.05, 3.63) is 135 Å². The number of unbranched alkanes of at least 4 members (excludes halogenated alkanes) is 1. The van der Waals surface area contributed by atoms with Crippen molar-refractivity contribution in [1.29, 1.82) is 0 Å². The van der Waals surface area contributed by atoms with E-state index in [0.717, 1.165) is 49.6 Å². The number of rotatable bonds is 26. The van der Waals surface area contributed by atoms with Crippen molar-refractivity contribution in [2.75, 3.05) is 46.0 Å². The Bertz CT molecular complexity index is 2610. The van der Waals surface area contributed by atoms with Gasteiger partial charge in [-0.25, -0.2) is 9.78 Å². The molecule has 0 spiro atoms. The van der Waals surface area contributed by atoms with Gasteiger partial charge in [0.15, 0.2) is 11.5 Å². The fraction of sp³-hybridized carbons (Fsp3) is 0.404. The summed E-state index contributed by atoms with van der Waals surface area (Å²) in [4.78, 5) is 75.1. The second-order valence-corrected chi connectivity index (χ2v) is 21.2. The normalized spacial score (nSPS) is 13.0. The fourth-order valence-corrected chi connectivity index (χ4v) is 12.8. The van der Waals surface area contributed by atoms with Crippen LogP contribution in [0.2, 0.25) is 0 Å². The molecule has 16 nitrogen and oxygen atoms in total. The summed E-state index contributed by atoms with van der Waals surface area (Å²) < 4.78 is 6.54. The SMILES string of the molecule is Cc1cc2nc3c(=O)[nH]c(=O)nc-3n(C[C@H](O)[C@H](O)[C@H](O)COC(=O)CCCCC(=O)NCCCN(C)CCCNC(=O)CCC[P+](c3ccccc3)(c3ccccc3)c3ccccc3)c2cc1C. The zero-order valence-corrected chi connectivity index (χ0v) is 40.6. The van der Waals surface area contributed by atoms with Gasteiger partial charge in [-0.05, 0) is 126 Å². The van der Waals surface area contributed by atoms with Gasteiger partial charge in [0.25, 0.3) is 5.56 Å². The molecule has 0 unspecified atom stereocenters. The van der Waals surface area contributed by atoms with Gasteiger partial charge in [0.05, 0.1) is 23.7 Å². The summed E-state index contributed by atoms with van der Waals surface area (Å²) in [6, 6.07) is 35.6.